The number of nitrogens with one attached hydrogen (secondary N) is 1. The van der Waals surface area contributed by atoms with Gasteiger partial charge in [0.15, 0.2) is 0 Å². The minimum absolute atomic E-state index is 0.107. The number of anilines is 3. The zero-order chi connectivity index (χ0) is 30.1. The molecule has 6 rings (SSSR count). The molecule has 2 aliphatic rings. The number of piperazine rings is 1. The van der Waals surface area contributed by atoms with Crippen molar-refractivity contribution in [2.24, 2.45) is 0 Å². The van der Waals surface area contributed by atoms with E-state index in [0.29, 0.717) is 36.7 Å². The van der Waals surface area contributed by atoms with Crippen LogP contribution in [0.1, 0.15) is 43.4 Å². The van der Waals surface area contributed by atoms with Gasteiger partial charge in [0, 0.05) is 81.0 Å². The number of likely N-dealkylation sites (N-methyl/N-ethyl adjacent to an activating group) is 1. The third kappa shape index (κ3) is 5.71. The summed E-state index contributed by atoms with van der Waals surface area (Å²) in [6.45, 7) is 11.3. The molecule has 0 bridgehead atoms. The maximum atomic E-state index is 14.3. The van der Waals surface area contributed by atoms with Crippen molar-refractivity contribution in [3.05, 3.63) is 70.4 Å². The number of fused-ring (bicyclic) bond motifs is 1. The Balaban J connectivity index is 1.40. The number of aryl methyl sites for hydroxylation is 2. The second-order valence-electron chi connectivity index (χ2n) is 11.7. The van der Waals surface area contributed by atoms with Crippen LogP contribution in [0, 0.1) is 13.8 Å². The minimum Gasteiger partial charge on any atom is -0.369 e. The Morgan fingerprint density at radius 3 is 2.53 bits per heavy atom. The molecule has 1 aromatic carbocycles. The van der Waals surface area contributed by atoms with Crippen molar-refractivity contribution in [3.8, 4) is 11.1 Å². The summed E-state index contributed by atoms with van der Waals surface area (Å²) >= 11 is 0. The third-order valence-electron chi connectivity index (χ3n) is 8.89. The number of rotatable bonds is 6. The molecule has 1 N–H and O–H groups in total. The highest BCUT2D eigenvalue weighted by atomic mass is 16.2. The summed E-state index contributed by atoms with van der Waals surface area (Å²) in [7, 11) is 2.16. The van der Waals surface area contributed by atoms with Gasteiger partial charge in [-0.2, -0.15) is 4.98 Å². The normalized spacial score (nSPS) is 17.8. The van der Waals surface area contributed by atoms with E-state index in [0.717, 1.165) is 61.2 Å². The fraction of sp³-hybridized carbons (Fsp3) is 0.424. The van der Waals surface area contributed by atoms with Crippen LogP contribution >= 0.6 is 0 Å². The lowest BCUT2D eigenvalue weighted by Crippen LogP contribution is -2.44. The number of amides is 1. The number of likely N-dealkylation sites (tertiary alicyclic amines) is 1. The summed E-state index contributed by atoms with van der Waals surface area (Å²) in [5.41, 5.74) is 6.06. The Bertz CT molecular complexity index is 1700. The number of hydrogen-bond acceptors (Lipinski definition) is 8. The smallest absolute Gasteiger partial charge is 0.260 e. The highest BCUT2D eigenvalue weighted by Gasteiger charge is 2.28. The van der Waals surface area contributed by atoms with Gasteiger partial charge in [-0.1, -0.05) is 6.92 Å². The van der Waals surface area contributed by atoms with Gasteiger partial charge in [0.1, 0.15) is 5.65 Å². The molecule has 1 atom stereocenters. The Labute approximate surface area is 252 Å². The van der Waals surface area contributed by atoms with Gasteiger partial charge in [0.05, 0.1) is 11.6 Å². The molecule has 0 aliphatic carbocycles. The van der Waals surface area contributed by atoms with Crippen LogP contribution in [0.3, 0.4) is 0 Å². The fourth-order valence-corrected chi connectivity index (χ4v) is 6.47. The summed E-state index contributed by atoms with van der Waals surface area (Å²) in [5.74, 6) is 0.539. The first-order valence-electron chi connectivity index (χ1n) is 15.2. The van der Waals surface area contributed by atoms with E-state index in [-0.39, 0.29) is 17.5 Å². The lowest BCUT2D eigenvalue weighted by Gasteiger charge is -2.35. The van der Waals surface area contributed by atoms with Crippen molar-refractivity contribution in [3.63, 3.8) is 0 Å². The lowest BCUT2D eigenvalue weighted by atomic mass is 9.98. The van der Waals surface area contributed by atoms with Gasteiger partial charge in [0.25, 0.3) is 5.56 Å². The molecule has 2 saturated heterocycles. The van der Waals surface area contributed by atoms with Crippen molar-refractivity contribution in [1.29, 1.82) is 0 Å². The number of piperidine rings is 1. The van der Waals surface area contributed by atoms with Crippen molar-refractivity contribution in [2.75, 3.05) is 56.5 Å². The summed E-state index contributed by atoms with van der Waals surface area (Å²) in [6, 6.07) is 9.88. The molecule has 0 unspecified atom stereocenters. The highest BCUT2D eigenvalue weighted by molar-refractivity contribution is 5.87. The van der Waals surface area contributed by atoms with Gasteiger partial charge in [-0.15, -0.1) is 0 Å². The first-order chi connectivity index (χ1) is 20.8. The minimum atomic E-state index is -0.187. The SMILES string of the molecule is CCC(=O)N1CCC[C@H](n2c(=O)c(-c3ccncc3)c(C)c3cnc(Nc4ccc(N5CCN(C)CC5)c(C)c4)nc32)C1. The standard InChI is InChI=1S/C33H40N8O2/c1-5-29(42)40-14-6-7-26(21-40)41-31-27(23(3)30(32(41)43)24-10-12-34-13-11-24)20-35-33(37-31)36-25-8-9-28(22(2)19-25)39-17-15-38(4)16-18-39/h8-13,19-20,26H,5-7,14-18,21H2,1-4H3,(H,35,36,37)/t26-/m0/s1. The number of carbonyl (C=O) groups is 1. The summed E-state index contributed by atoms with van der Waals surface area (Å²) in [5, 5.41) is 4.21. The molecule has 3 aromatic heterocycles. The molecule has 10 heteroatoms. The molecule has 0 radical (unpaired) electrons. The van der Waals surface area contributed by atoms with Gasteiger partial charge in [0.2, 0.25) is 11.9 Å². The van der Waals surface area contributed by atoms with Gasteiger partial charge >= 0.3 is 0 Å². The predicted molar refractivity (Wildman–Crippen MR) is 171 cm³/mol. The molecular weight excluding hydrogens is 540 g/mol. The average Bonchev–Trinajstić information content (AvgIpc) is 3.02. The highest BCUT2D eigenvalue weighted by Crippen LogP contribution is 2.31. The number of aromatic nitrogens is 4. The number of benzene rings is 1. The zero-order valence-corrected chi connectivity index (χ0v) is 25.5. The third-order valence-corrected chi connectivity index (χ3v) is 8.89. The van der Waals surface area contributed by atoms with E-state index in [9.17, 15) is 9.59 Å². The molecule has 4 aromatic rings. The van der Waals surface area contributed by atoms with Crippen LogP contribution < -0.4 is 15.8 Å². The van der Waals surface area contributed by atoms with Gasteiger partial charge in [-0.05, 0) is 80.8 Å². The molecule has 2 fully saturated rings. The van der Waals surface area contributed by atoms with Gasteiger partial charge in [-0.3, -0.25) is 19.1 Å². The monoisotopic (exact) mass is 580 g/mol. The van der Waals surface area contributed by atoms with Crippen LogP contribution in [0.4, 0.5) is 17.3 Å². The van der Waals surface area contributed by atoms with E-state index in [2.05, 4.69) is 52.3 Å². The quantitative estimate of drug-likeness (QED) is 0.355. The summed E-state index contributed by atoms with van der Waals surface area (Å²) in [4.78, 5) is 47.4. The van der Waals surface area contributed by atoms with E-state index in [1.165, 1.54) is 11.3 Å². The van der Waals surface area contributed by atoms with Gasteiger partial charge < -0.3 is 20.0 Å². The summed E-state index contributed by atoms with van der Waals surface area (Å²) < 4.78 is 1.81. The van der Waals surface area contributed by atoms with E-state index < -0.39 is 0 Å². The Kier molecular flexibility index (Phi) is 8.12. The van der Waals surface area contributed by atoms with Crippen LogP contribution in [-0.2, 0) is 4.79 Å². The number of nitrogens with zero attached hydrogens (tertiary/aromatic N) is 7. The first kappa shape index (κ1) is 28.8. The molecule has 1 amide bonds. The van der Waals surface area contributed by atoms with E-state index >= 15 is 0 Å². The topological polar surface area (TPSA) is 99.5 Å². The lowest BCUT2D eigenvalue weighted by molar-refractivity contribution is -0.132. The van der Waals surface area contributed by atoms with Crippen molar-refractivity contribution < 1.29 is 4.79 Å². The predicted octanol–water partition coefficient (Wildman–Crippen LogP) is 4.54. The fourth-order valence-electron chi connectivity index (χ4n) is 6.47. The zero-order valence-electron chi connectivity index (χ0n) is 25.5. The number of pyridine rings is 2. The molecule has 2 aliphatic heterocycles. The molecular formula is C33H40N8O2. The van der Waals surface area contributed by atoms with Crippen molar-refractivity contribution in [1.82, 2.24) is 29.3 Å². The Morgan fingerprint density at radius 2 is 1.81 bits per heavy atom. The molecule has 5 heterocycles. The maximum Gasteiger partial charge on any atom is 0.260 e. The Hall–Kier alpha value is -4.31. The van der Waals surface area contributed by atoms with E-state index in [1.807, 2.05) is 41.6 Å². The Morgan fingerprint density at radius 1 is 1.05 bits per heavy atom. The molecule has 43 heavy (non-hydrogen) atoms. The summed E-state index contributed by atoms with van der Waals surface area (Å²) in [6.07, 6.45) is 7.28. The second-order valence-corrected chi connectivity index (χ2v) is 11.7. The van der Waals surface area contributed by atoms with Crippen LogP contribution in [0.5, 0.6) is 0 Å². The van der Waals surface area contributed by atoms with Crippen molar-refractivity contribution in [2.45, 2.75) is 46.1 Å². The van der Waals surface area contributed by atoms with Crippen molar-refractivity contribution >= 4 is 34.3 Å². The number of hydrogen-bond donors (Lipinski definition) is 1. The van der Waals surface area contributed by atoms with E-state index in [1.54, 1.807) is 12.4 Å². The largest absolute Gasteiger partial charge is 0.369 e. The molecule has 0 saturated carbocycles. The maximum absolute atomic E-state index is 14.3. The molecule has 10 nitrogen and oxygen atoms in total. The van der Waals surface area contributed by atoms with Crippen LogP contribution in [0.2, 0.25) is 0 Å². The second kappa shape index (κ2) is 12.1. The van der Waals surface area contributed by atoms with Crippen LogP contribution in [0.25, 0.3) is 22.2 Å². The molecule has 0 spiro atoms. The molecule has 224 valence electrons. The van der Waals surface area contributed by atoms with Crippen LogP contribution in [-0.4, -0.2) is 81.5 Å². The average molecular weight is 581 g/mol. The van der Waals surface area contributed by atoms with Gasteiger partial charge in [-0.25, -0.2) is 4.98 Å². The van der Waals surface area contributed by atoms with E-state index in [4.69, 9.17) is 9.97 Å². The van der Waals surface area contributed by atoms with Crippen LogP contribution in [0.15, 0.2) is 53.7 Å². The first-order valence-corrected chi connectivity index (χ1v) is 15.2. The number of carbonyl (C=O) groups excluding carboxylic acids is 1.